The number of benzene rings is 2. The number of aromatic carboxylic acids is 1. The Morgan fingerprint density at radius 1 is 1.25 bits per heavy atom. The van der Waals surface area contributed by atoms with Crippen molar-refractivity contribution in [2.45, 2.75) is 25.9 Å². The number of fused-ring (bicyclic) bond motifs is 1. The second-order valence-electron chi connectivity index (χ2n) is 6.37. The van der Waals surface area contributed by atoms with E-state index in [4.69, 9.17) is 16.3 Å². The van der Waals surface area contributed by atoms with Crippen molar-refractivity contribution in [2.24, 2.45) is 0 Å². The van der Waals surface area contributed by atoms with Crippen molar-refractivity contribution in [2.75, 3.05) is 6.61 Å². The van der Waals surface area contributed by atoms with Crippen LogP contribution >= 0.6 is 11.6 Å². The zero-order valence-corrected chi connectivity index (χ0v) is 15.6. The average Bonchev–Trinajstić information content (AvgIpc) is 3.00. The Hall–Kier alpha value is -2.67. The molecule has 8 heteroatoms. The summed E-state index contributed by atoms with van der Waals surface area (Å²) in [5.74, 6) is -0.705. The van der Waals surface area contributed by atoms with Crippen LogP contribution in [0.15, 0.2) is 36.4 Å². The minimum Gasteiger partial charge on any atom is -0.494 e. The van der Waals surface area contributed by atoms with Crippen LogP contribution in [0.2, 0.25) is 5.02 Å². The first-order chi connectivity index (χ1) is 13.2. The zero-order valence-electron chi connectivity index (χ0n) is 14.9. The van der Waals surface area contributed by atoms with Gasteiger partial charge in [0, 0.05) is 15.9 Å². The van der Waals surface area contributed by atoms with Crippen LogP contribution in [0.1, 0.15) is 33.6 Å². The molecule has 2 aromatic carbocycles. The molecule has 0 bridgehead atoms. The molecule has 4 nitrogen and oxygen atoms in total. The van der Waals surface area contributed by atoms with Crippen LogP contribution in [-0.4, -0.2) is 22.7 Å². The van der Waals surface area contributed by atoms with E-state index in [1.54, 1.807) is 18.2 Å². The van der Waals surface area contributed by atoms with Gasteiger partial charge in [0.05, 0.1) is 12.2 Å². The highest BCUT2D eigenvalue weighted by molar-refractivity contribution is 6.31. The summed E-state index contributed by atoms with van der Waals surface area (Å²) < 4.78 is 45.8. The van der Waals surface area contributed by atoms with Gasteiger partial charge in [-0.1, -0.05) is 17.7 Å². The first-order valence-corrected chi connectivity index (χ1v) is 8.89. The number of nitrogens with one attached hydrogen (secondary N) is 1. The van der Waals surface area contributed by atoms with E-state index in [2.05, 4.69) is 4.98 Å². The minimum atomic E-state index is -4.58. The van der Waals surface area contributed by atoms with Crippen molar-refractivity contribution in [3.63, 3.8) is 0 Å². The molecule has 0 spiro atoms. The van der Waals surface area contributed by atoms with E-state index in [0.717, 1.165) is 11.6 Å². The molecule has 3 aromatic rings. The maximum absolute atomic E-state index is 13.4. The molecule has 0 radical (unpaired) electrons. The van der Waals surface area contributed by atoms with Gasteiger partial charge in [-0.15, -0.1) is 0 Å². The fourth-order valence-electron chi connectivity index (χ4n) is 3.13. The Kier molecular flexibility index (Phi) is 5.56. The van der Waals surface area contributed by atoms with Crippen LogP contribution in [0.25, 0.3) is 10.9 Å². The molecule has 0 unspecified atom stereocenters. The van der Waals surface area contributed by atoms with E-state index < -0.39 is 17.7 Å². The maximum atomic E-state index is 13.4. The van der Waals surface area contributed by atoms with Crippen LogP contribution in [0.5, 0.6) is 5.75 Å². The fourth-order valence-corrected chi connectivity index (χ4v) is 3.25. The molecular weight excluding hydrogens is 395 g/mol. The third-order valence-electron chi connectivity index (χ3n) is 4.42. The van der Waals surface area contributed by atoms with Gasteiger partial charge in [0.25, 0.3) is 0 Å². The van der Waals surface area contributed by atoms with E-state index >= 15 is 0 Å². The average molecular weight is 412 g/mol. The summed E-state index contributed by atoms with van der Waals surface area (Å²) in [6.45, 7) is 2.06. The molecule has 0 aliphatic rings. The van der Waals surface area contributed by atoms with E-state index in [0.29, 0.717) is 17.2 Å². The van der Waals surface area contributed by atoms with Crippen LogP contribution in [0.4, 0.5) is 13.2 Å². The first-order valence-electron chi connectivity index (χ1n) is 8.51. The van der Waals surface area contributed by atoms with E-state index in [-0.39, 0.29) is 35.2 Å². The lowest BCUT2D eigenvalue weighted by molar-refractivity contribution is -0.136. The number of aromatic amines is 1. The van der Waals surface area contributed by atoms with E-state index in [1.165, 1.54) is 12.1 Å². The second-order valence-corrected chi connectivity index (χ2v) is 6.78. The summed E-state index contributed by atoms with van der Waals surface area (Å²) in [4.78, 5) is 14.1. The van der Waals surface area contributed by atoms with Gasteiger partial charge in [0.2, 0.25) is 0 Å². The highest BCUT2D eigenvalue weighted by atomic mass is 35.5. The molecule has 3 rings (SSSR count). The molecular formula is C20H17ClF3NO3. The van der Waals surface area contributed by atoms with Gasteiger partial charge in [-0.2, -0.15) is 13.2 Å². The standard InChI is InChI=1S/C20H17ClF3NO3/c1-11-10-12(7-8-15(11)21)28-9-3-4-13-17-14(20(22,23)24)5-2-6-16(17)25-18(13)19(26)27/h2,5-8,10,25H,3-4,9H2,1H3,(H,26,27). The Bertz CT molecular complexity index is 1030. The lowest BCUT2D eigenvalue weighted by atomic mass is 10.0. The third-order valence-corrected chi connectivity index (χ3v) is 4.84. The number of aryl methyl sites for hydroxylation is 2. The van der Waals surface area contributed by atoms with Crippen molar-refractivity contribution in [1.82, 2.24) is 4.98 Å². The van der Waals surface area contributed by atoms with Gasteiger partial charge < -0.3 is 14.8 Å². The number of carboxylic acid groups (broad SMARTS) is 1. The van der Waals surface area contributed by atoms with Crippen molar-refractivity contribution >= 4 is 28.5 Å². The Labute approximate surface area is 163 Å². The summed E-state index contributed by atoms with van der Waals surface area (Å²) in [7, 11) is 0. The summed E-state index contributed by atoms with van der Waals surface area (Å²) in [6.07, 6.45) is -4.11. The number of H-pyrrole nitrogens is 1. The molecule has 0 atom stereocenters. The molecule has 148 valence electrons. The van der Waals surface area contributed by atoms with Crippen molar-refractivity contribution in [3.05, 3.63) is 63.8 Å². The van der Waals surface area contributed by atoms with Crippen LogP contribution in [0, 0.1) is 6.92 Å². The van der Waals surface area contributed by atoms with Gasteiger partial charge in [0.1, 0.15) is 11.4 Å². The predicted octanol–water partition coefficient (Wildman–Crippen LogP) is 5.86. The predicted molar refractivity (Wildman–Crippen MR) is 100 cm³/mol. The number of aromatic nitrogens is 1. The summed E-state index contributed by atoms with van der Waals surface area (Å²) in [5, 5.41) is 9.90. The van der Waals surface area contributed by atoms with Crippen LogP contribution in [0.3, 0.4) is 0 Å². The number of hydrogen-bond donors (Lipinski definition) is 2. The molecule has 0 saturated carbocycles. The largest absolute Gasteiger partial charge is 0.494 e. The summed E-state index contributed by atoms with van der Waals surface area (Å²) >= 11 is 5.96. The molecule has 1 aromatic heterocycles. The smallest absolute Gasteiger partial charge is 0.417 e. The highest BCUT2D eigenvalue weighted by Gasteiger charge is 2.34. The lowest BCUT2D eigenvalue weighted by Gasteiger charge is -2.11. The summed E-state index contributed by atoms with van der Waals surface area (Å²) in [5.41, 5.74) is 0.0496. The third kappa shape index (κ3) is 4.09. The highest BCUT2D eigenvalue weighted by Crippen LogP contribution is 2.38. The van der Waals surface area contributed by atoms with Gasteiger partial charge in [-0.05, 0) is 61.2 Å². The van der Waals surface area contributed by atoms with Gasteiger partial charge in [-0.25, -0.2) is 4.79 Å². The van der Waals surface area contributed by atoms with Gasteiger partial charge in [0.15, 0.2) is 0 Å². The van der Waals surface area contributed by atoms with Crippen molar-refractivity contribution in [1.29, 1.82) is 0 Å². The number of rotatable bonds is 6. The molecule has 0 saturated heterocycles. The first kappa shape index (κ1) is 20.1. The number of alkyl halides is 3. The molecule has 2 N–H and O–H groups in total. The zero-order chi connectivity index (χ0) is 20.5. The Balaban J connectivity index is 1.84. The monoisotopic (exact) mass is 411 g/mol. The van der Waals surface area contributed by atoms with Gasteiger partial charge >= 0.3 is 12.1 Å². The normalized spacial score (nSPS) is 11.8. The second kappa shape index (κ2) is 7.75. The molecule has 0 fully saturated rings. The minimum absolute atomic E-state index is 0.102. The fraction of sp³-hybridized carbons (Fsp3) is 0.250. The Morgan fingerprint density at radius 2 is 2.00 bits per heavy atom. The van der Waals surface area contributed by atoms with Gasteiger partial charge in [-0.3, -0.25) is 0 Å². The topological polar surface area (TPSA) is 62.3 Å². The molecule has 0 aliphatic carbocycles. The lowest BCUT2D eigenvalue weighted by Crippen LogP contribution is -2.08. The van der Waals surface area contributed by atoms with Crippen LogP contribution < -0.4 is 4.74 Å². The number of carboxylic acids is 1. The maximum Gasteiger partial charge on any atom is 0.417 e. The Morgan fingerprint density at radius 3 is 2.64 bits per heavy atom. The number of ether oxygens (including phenoxy) is 1. The van der Waals surface area contributed by atoms with E-state index in [9.17, 15) is 23.1 Å². The van der Waals surface area contributed by atoms with E-state index in [1.807, 2.05) is 6.92 Å². The summed E-state index contributed by atoms with van der Waals surface area (Å²) in [6, 6.07) is 8.81. The molecule has 1 heterocycles. The number of halogens is 4. The SMILES string of the molecule is Cc1cc(OCCCc2c(C(=O)O)[nH]c3cccc(C(F)(F)F)c23)ccc1Cl. The number of hydrogen-bond acceptors (Lipinski definition) is 2. The molecule has 28 heavy (non-hydrogen) atoms. The molecule has 0 amide bonds. The van der Waals surface area contributed by atoms with Crippen molar-refractivity contribution in [3.8, 4) is 5.75 Å². The molecule has 0 aliphatic heterocycles. The number of carbonyl (C=O) groups is 1. The quantitative estimate of drug-likeness (QED) is 0.499. The van der Waals surface area contributed by atoms with Crippen LogP contribution in [-0.2, 0) is 12.6 Å². The van der Waals surface area contributed by atoms with Crippen molar-refractivity contribution < 1.29 is 27.8 Å².